The fourth-order valence-electron chi connectivity index (χ4n) is 0.224. The third-order valence-corrected chi connectivity index (χ3v) is 0.498. The van der Waals surface area contributed by atoms with Crippen LogP contribution in [0.1, 0.15) is 6.92 Å². The Labute approximate surface area is 48.5 Å². The molecule has 0 heterocycles. The minimum Gasteiger partial charge on any atom is -0.426 e. The summed E-state index contributed by atoms with van der Waals surface area (Å²) < 4.78 is 4.10. The van der Waals surface area contributed by atoms with Crippen LogP contribution in [0.4, 0.5) is 0 Å². The van der Waals surface area contributed by atoms with E-state index < -0.39 is 0 Å². The van der Waals surface area contributed by atoms with Gasteiger partial charge in [0.25, 0.3) is 0 Å². The molecule has 0 N–H and O–H groups in total. The lowest BCUT2D eigenvalue weighted by atomic mass is 10.5. The van der Waals surface area contributed by atoms with Crippen LogP contribution >= 0.6 is 0 Å². The minimum atomic E-state index is 1.26. The molecular formula is C6H7O2. The molecule has 0 aromatic heterocycles. The Kier molecular flexibility index (Phi) is 5.17. The van der Waals surface area contributed by atoms with E-state index in [1.165, 1.54) is 12.7 Å². The molecule has 0 saturated carbocycles. The van der Waals surface area contributed by atoms with Crippen LogP contribution in [0.25, 0.3) is 0 Å². The van der Waals surface area contributed by atoms with E-state index in [1.54, 1.807) is 12.2 Å². The second kappa shape index (κ2) is 5.95. The van der Waals surface area contributed by atoms with Crippen molar-refractivity contribution in [1.29, 1.82) is 0 Å². The molecule has 0 fully saturated rings. The Morgan fingerprint density at radius 3 is 2.75 bits per heavy atom. The van der Waals surface area contributed by atoms with Crippen molar-refractivity contribution < 1.29 is 9.53 Å². The van der Waals surface area contributed by atoms with Crippen LogP contribution in [0.5, 0.6) is 0 Å². The topological polar surface area (TPSA) is 26.3 Å². The van der Waals surface area contributed by atoms with Crippen LogP contribution in [0.3, 0.4) is 0 Å². The van der Waals surface area contributed by atoms with Gasteiger partial charge in [-0.15, -0.1) is 0 Å². The van der Waals surface area contributed by atoms with Crippen molar-refractivity contribution in [2.24, 2.45) is 0 Å². The SMILES string of the molecule is CC=CC=CO[C]=O. The number of allylic oxidation sites excluding steroid dienone is 3. The molecule has 0 aromatic carbocycles. The first kappa shape index (κ1) is 6.95. The van der Waals surface area contributed by atoms with E-state index in [-0.39, 0.29) is 0 Å². The van der Waals surface area contributed by atoms with Crippen LogP contribution < -0.4 is 0 Å². The van der Waals surface area contributed by atoms with Gasteiger partial charge in [-0.2, -0.15) is 0 Å². The summed E-state index contributed by atoms with van der Waals surface area (Å²) in [5.41, 5.74) is 0. The second-order valence-electron chi connectivity index (χ2n) is 1.06. The molecule has 8 heavy (non-hydrogen) atoms. The number of ether oxygens (including phenoxy) is 1. The van der Waals surface area contributed by atoms with Gasteiger partial charge in [-0.25, -0.2) is 4.79 Å². The van der Waals surface area contributed by atoms with E-state index in [4.69, 9.17) is 0 Å². The summed E-state index contributed by atoms with van der Waals surface area (Å²) in [4.78, 5) is 9.35. The summed E-state index contributed by atoms with van der Waals surface area (Å²) in [5, 5.41) is 0. The lowest BCUT2D eigenvalue weighted by Crippen LogP contribution is -1.69. The van der Waals surface area contributed by atoms with E-state index in [0.29, 0.717) is 0 Å². The fourth-order valence-corrected chi connectivity index (χ4v) is 0.224. The Bertz CT molecular complexity index is 103. The standard InChI is InChI=1S/C6H7O2/c1-2-3-4-5-8-6-7/h2-5H,1H3. The minimum absolute atomic E-state index is 1.26. The molecule has 0 spiro atoms. The first-order valence-corrected chi connectivity index (χ1v) is 2.22. The zero-order chi connectivity index (χ0) is 6.24. The van der Waals surface area contributed by atoms with Gasteiger partial charge in [0, 0.05) is 0 Å². The summed E-state index contributed by atoms with van der Waals surface area (Å²) in [6.45, 7) is 3.13. The molecule has 1 radical (unpaired) electrons. The smallest absolute Gasteiger partial charge is 0.422 e. The number of rotatable bonds is 3. The van der Waals surface area contributed by atoms with Crippen LogP contribution in [-0.2, 0) is 9.53 Å². The summed E-state index contributed by atoms with van der Waals surface area (Å²) >= 11 is 0. The average molecular weight is 111 g/mol. The first-order chi connectivity index (χ1) is 3.91. The highest BCUT2D eigenvalue weighted by molar-refractivity contribution is 5.39. The highest BCUT2D eigenvalue weighted by atomic mass is 16.5. The van der Waals surface area contributed by atoms with Crippen LogP contribution in [0.2, 0.25) is 0 Å². The van der Waals surface area contributed by atoms with Crippen LogP contribution in [0.15, 0.2) is 24.5 Å². The number of carbonyl (C=O) groups excluding carboxylic acids is 1. The van der Waals surface area contributed by atoms with Crippen molar-refractivity contribution in [3.63, 3.8) is 0 Å². The van der Waals surface area contributed by atoms with Gasteiger partial charge in [-0.1, -0.05) is 12.2 Å². The normalized spacial score (nSPS) is 10.6. The monoisotopic (exact) mass is 111 g/mol. The van der Waals surface area contributed by atoms with Crippen LogP contribution in [0, 0.1) is 0 Å². The highest BCUT2D eigenvalue weighted by Crippen LogP contribution is 1.74. The molecule has 0 atom stereocenters. The van der Waals surface area contributed by atoms with Gasteiger partial charge in [-0.05, 0) is 13.0 Å². The zero-order valence-corrected chi connectivity index (χ0v) is 4.63. The maximum absolute atomic E-state index is 9.35. The maximum Gasteiger partial charge on any atom is 0.422 e. The fraction of sp³-hybridized carbons (Fsp3) is 0.167. The average Bonchev–Trinajstić information content (AvgIpc) is 1.81. The first-order valence-electron chi connectivity index (χ1n) is 2.22. The van der Waals surface area contributed by atoms with Gasteiger partial charge in [0.15, 0.2) is 0 Å². The summed E-state index contributed by atoms with van der Waals surface area (Å²) in [6, 6.07) is 0. The van der Waals surface area contributed by atoms with Crippen molar-refractivity contribution in [2.45, 2.75) is 6.92 Å². The Balaban J connectivity index is 3.19. The van der Waals surface area contributed by atoms with Crippen molar-refractivity contribution >= 4 is 6.47 Å². The molecule has 0 bridgehead atoms. The molecule has 0 aliphatic heterocycles. The van der Waals surface area contributed by atoms with Gasteiger partial charge in [0.1, 0.15) is 0 Å². The largest absolute Gasteiger partial charge is 0.426 e. The lowest BCUT2D eigenvalue weighted by molar-refractivity contribution is 0.398. The van der Waals surface area contributed by atoms with Gasteiger partial charge >= 0.3 is 6.47 Å². The van der Waals surface area contributed by atoms with E-state index in [2.05, 4.69) is 4.74 Å². The Morgan fingerprint density at radius 2 is 2.25 bits per heavy atom. The van der Waals surface area contributed by atoms with E-state index in [1.807, 2.05) is 13.0 Å². The molecule has 0 aliphatic rings. The van der Waals surface area contributed by atoms with Crippen molar-refractivity contribution in [1.82, 2.24) is 0 Å². The van der Waals surface area contributed by atoms with Crippen molar-refractivity contribution in [2.75, 3.05) is 0 Å². The second-order valence-corrected chi connectivity index (χ2v) is 1.06. The third-order valence-electron chi connectivity index (χ3n) is 0.498. The number of hydrogen-bond acceptors (Lipinski definition) is 2. The van der Waals surface area contributed by atoms with Gasteiger partial charge in [-0.3, -0.25) is 0 Å². The van der Waals surface area contributed by atoms with Gasteiger partial charge in [0.05, 0.1) is 6.26 Å². The lowest BCUT2D eigenvalue weighted by Gasteiger charge is -1.75. The van der Waals surface area contributed by atoms with E-state index in [0.717, 1.165) is 0 Å². The van der Waals surface area contributed by atoms with Crippen molar-refractivity contribution in [3.8, 4) is 0 Å². The zero-order valence-electron chi connectivity index (χ0n) is 4.63. The molecule has 2 nitrogen and oxygen atoms in total. The van der Waals surface area contributed by atoms with Crippen molar-refractivity contribution in [3.05, 3.63) is 24.5 Å². The summed E-state index contributed by atoms with van der Waals surface area (Å²) in [7, 11) is 0. The predicted molar refractivity (Wildman–Crippen MR) is 30.7 cm³/mol. The number of hydrogen-bond donors (Lipinski definition) is 0. The maximum atomic E-state index is 9.35. The van der Waals surface area contributed by atoms with Crippen LogP contribution in [-0.4, -0.2) is 6.47 Å². The predicted octanol–water partition coefficient (Wildman–Crippen LogP) is 1.16. The molecule has 2 heteroatoms. The molecule has 0 amide bonds. The highest BCUT2D eigenvalue weighted by Gasteiger charge is 1.65. The van der Waals surface area contributed by atoms with Gasteiger partial charge < -0.3 is 4.74 Å². The molecule has 0 unspecified atom stereocenters. The summed E-state index contributed by atoms with van der Waals surface area (Å²) in [5.74, 6) is 0. The van der Waals surface area contributed by atoms with E-state index >= 15 is 0 Å². The molecule has 0 rings (SSSR count). The molecular weight excluding hydrogens is 104 g/mol. The Morgan fingerprint density at radius 1 is 1.50 bits per heavy atom. The quantitative estimate of drug-likeness (QED) is 0.403. The van der Waals surface area contributed by atoms with Gasteiger partial charge in [0.2, 0.25) is 0 Å². The Hall–Kier alpha value is -1.05. The summed E-state index contributed by atoms with van der Waals surface area (Å²) in [6.07, 6.45) is 6.43. The molecule has 0 saturated heterocycles. The molecule has 0 aliphatic carbocycles. The molecule has 43 valence electrons. The third kappa shape index (κ3) is 4.95. The van der Waals surface area contributed by atoms with E-state index in [9.17, 15) is 4.79 Å². The molecule has 0 aromatic rings.